The minimum atomic E-state index is -0.0922. The molecule has 0 bridgehead atoms. The van der Waals surface area contributed by atoms with Gasteiger partial charge in [0.15, 0.2) is 0 Å². The summed E-state index contributed by atoms with van der Waals surface area (Å²) < 4.78 is 6.58. The molecule has 0 saturated heterocycles. The van der Waals surface area contributed by atoms with Gasteiger partial charge in [-0.1, -0.05) is 40.5 Å². The number of ether oxygens (including phenoxy) is 1. The van der Waals surface area contributed by atoms with Crippen LogP contribution in [0, 0.1) is 0 Å². The lowest BCUT2D eigenvalue weighted by molar-refractivity contribution is 0.0116. The molecule has 0 amide bonds. The predicted octanol–water partition coefficient (Wildman–Crippen LogP) is 5.35. The molecule has 0 aromatic heterocycles. The Bertz CT molecular complexity index is 423. The highest BCUT2D eigenvalue weighted by Gasteiger charge is 2.21. The Hall–Kier alpha value is -0.0900. The molecule has 114 valence electrons. The minimum Gasteiger partial charge on any atom is -0.379 e. The molecule has 0 radical (unpaired) electrons. The molecule has 20 heavy (non-hydrogen) atoms. The van der Waals surface area contributed by atoms with Crippen molar-refractivity contribution in [2.75, 3.05) is 13.7 Å². The third kappa shape index (κ3) is 5.72. The van der Waals surface area contributed by atoms with Crippen molar-refractivity contribution in [3.05, 3.63) is 33.3 Å². The Morgan fingerprint density at radius 3 is 2.65 bits per heavy atom. The van der Waals surface area contributed by atoms with Crippen molar-refractivity contribution >= 4 is 27.5 Å². The first-order valence-electron chi connectivity index (χ1n) is 7.13. The molecule has 2 nitrogen and oxygen atoms in total. The lowest BCUT2D eigenvalue weighted by Gasteiger charge is -2.27. The fourth-order valence-corrected chi connectivity index (χ4v) is 3.02. The maximum atomic E-state index is 6.03. The van der Waals surface area contributed by atoms with E-state index in [-0.39, 0.29) is 5.60 Å². The number of benzene rings is 1. The average Bonchev–Trinajstić information content (AvgIpc) is 2.40. The van der Waals surface area contributed by atoms with Crippen LogP contribution in [0.15, 0.2) is 22.7 Å². The topological polar surface area (TPSA) is 21.3 Å². The third-order valence-corrected chi connectivity index (χ3v) is 4.49. The van der Waals surface area contributed by atoms with Gasteiger partial charge in [-0.3, -0.25) is 0 Å². The molecule has 1 rings (SSSR count). The van der Waals surface area contributed by atoms with Crippen LogP contribution in [0.4, 0.5) is 0 Å². The first kappa shape index (κ1) is 18.0. The Morgan fingerprint density at radius 2 is 2.10 bits per heavy atom. The maximum absolute atomic E-state index is 6.03. The Morgan fingerprint density at radius 1 is 1.40 bits per heavy atom. The van der Waals surface area contributed by atoms with E-state index in [0.29, 0.717) is 6.04 Å². The van der Waals surface area contributed by atoms with Gasteiger partial charge in [0.2, 0.25) is 0 Å². The second kappa shape index (κ2) is 8.38. The van der Waals surface area contributed by atoms with E-state index in [1.54, 1.807) is 7.11 Å². The van der Waals surface area contributed by atoms with Crippen molar-refractivity contribution in [2.24, 2.45) is 0 Å². The molecule has 1 N–H and O–H groups in total. The van der Waals surface area contributed by atoms with Gasteiger partial charge in [0.1, 0.15) is 0 Å². The minimum absolute atomic E-state index is 0.0922. The molecular weight excluding hydrogens is 338 g/mol. The van der Waals surface area contributed by atoms with Crippen LogP contribution in [0.2, 0.25) is 5.02 Å². The third-order valence-electron chi connectivity index (χ3n) is 3.57. The summed E-state index contributed by atoms with van der Waals surface area (Å²) in [7, 11) is 1.77. The average molecular weight is 363 g/mol. The highest BCUT2D eigenvalue weighted by Crippen LogP contribution is 2.31. The van der Waals surface area contributed by atoms with Gasteiger partial charge < -0.3 is 10.1 Å². The number of nitrogens with one attached hydrogen (secondary N) is 1. The fraction of sp³-hybridized carbons (Fsp3) is 0.625. The van der Waals surface area contributed by atoms with Gasteiger partial charge in [-0.2, -0.15) is 0 Å². The molecular formula is C16H25BrClNO. The Balaban J connectivity index is 2.82. The van der Waals surface area contributed by atoms with E-state index in [2.05, 4.69) is 48.1 Å². The number of hydrogen-bond acceptors (Lipinski definition) is 2. The van der Waals surface area contributed by atoms with Crippen molar-refractivity contribution in [2.45, 2.75) is 51.7 Å². The van der Waals surface area contributed by atoms with E-state index in [1.807, 2.05) is 12.1 Å². The van der Waals surface area contributed by atoms with Crippen molar-refractivity contribution in [3.8, 4) is 0 Å². The first-order chi connectivity index (χ1) is 9.39. The highest BCUT2D eigenvalue weighted by atomic mass is 79.9. The molecule has 0 saturated carbocycles. The Labute approximate surface area is 136 Å². The monoisotopic (exact) mass is 361 g/mol. The van der Waals surface area contributed by atoms with Crippen LogP contribution in [0.3, 0.4) is 0 Å². The molecule has 0 spiro atoms. The Kier molecular flexibility index (Phi) is 7.52. The number of halogens is 2. The number of rotatable bonds is 8. The van der Waals surface area contributed by atoms with Gasteiger partial charge in [-0.25, -0.2) is 0 Å². The zero-order valence-electron chi connectivity index (χ0n) is 12.8. The summed E-state index contributed by atoms with van der Waals surface area (Å²) in [5, 5.41) is 4.37. The molecule has 0 aliphatic rings. The normalized spacial score (nSPS) is 13.5. The molecule has 0 fully saturated rings. The van der Waals surface area contributed by atoms with Crippen LogP contribution >= 0.6 is 27.5 Å². The van der Waals surface area contributed by atoms with E-state index in [1.165, 1.54) is 5.56 Å². The zero-order valence-corrected chi connectivity index (χ0v) is 15.1. The van der Waals surface area contributed by atoms with E-state index in [0.717, 1.165) is 35.3 Å². The summed E-state index contributed by atoms with van der Waals surface area (Å²) in [6.45, 7) is 7.44. The largest absolute Gasteiger partial charge is 0.379 e. The maximum Gasteiger partial charge on any atom is 0.0623 e. The summed E-state index contributed by atoms with van der Waals surface area (Å²) in [6.07, 6.45) is 3.15. The quantitative estimate of drug-likeness (QED) is 0.673. The summed E-state index contributed by atoms with van der Waals surface area (Å²) in [5.74, 6) is 0. The van der Waals surface area contributed by atoms with Gasteiger partial charge in [0.25, 0.3) is 0 Å². The lowest BCUT2D eigenvalue weighted by atomic mass is 9.95. The van der Waals surface area contributed by atoms with Gasteiger partial charge in [0, 0.05) is 22.6 Å². The molecule has 1 aromatic rings. The molecule has 0 heterocycles. The first-order valence-corrected chi connectivity index (χ1v) is 8.30. The van der Waals surface area contributed by atoms with E-state index >= 15 is 0 Å². The number of methoxy groups -OCH3 is 1. The fourth-order valence-electron chi connectivity index (χ4n) is 2.06. The summed E-state index contributed by atoms with van der Waals surface area (Å²) >= 11 is 9.65. The molecule has 1 unspecified atom stereocenters. The summed E-state index contributed by atoms with van der Waals surface area (Å²) in [6, 6.07) is 6.32. The molecule has 0 aliphatic carbocycles. The van der Waals surface area contributed by atoms with Crippen LogP contribution in [0.5, 0.6) is 0 Å². The second-order valence-corrected chi connectivity index (χ2v) is 6.97. The summed E-state index contributed by atoms with van der Waals surface area (Å²) in [4.78, 5) is 0. The van der Waals surface area contributed by atoms with Gasteiger partial charge >= 0.3 is 0 Å². The van der Waals surface area contributed by atoms with Crippen molar-refractivity contribution in [1.29, 1.82) is 0 Å². The van der Waals surface area contributed by atoms with Crippen molar-refractivity contribution < 1.29 is 4.74 Å². The van der Waals surface area contributed by atoms with Crippen molar-refractivity contribution in [1.82, 2.24) is 5.32 Å². The highest BCUT2D eigenvalue weighted by molar-refractivity contribution is 9.10. The lowest BCUT2D eigenvalue weighted by Crippen LogP contribution is -2.28. The van der Waals surface area contributed by atoms with E-state index in [9.17, 15) is 0 Å². The van der Waals surface area contributed by atoms with Crippen LogP contribution in [-0.4, -0.2) is 19.3 Å². The molecule has 1 atom stereocenters. The molecule has 0 aliphatic heterocycles. The van der Waals surface area contributed by atoms with Crippen molar-refractivity contribution in [3.63, 3.8) is 0 Å². The zero-order chi connectivity index (χ0) is 15.2. The van der Waals surface area contributed by atoms with Gasteiger partial charge in [-0.05, 0) is 57.4 Å². The standard InChI is InChI=1S/C16H25BrClNO/c1-5-10-19-15(8-9-16(2,3)20-4)13-7-6-12(18)11-14(13)17/h6-7,11,15,19H,5,8-10H2,1-4H3. The van der Waals surface area contributed by atoms with Gasteiger partial charge in [0.05, 0.1) is 5.60 Å². The summed E-state index contributed by atoms with van der Waals surface area (Å²) in [5.41, 5.74) is 1.17. The van der Waals surface area contributed by atoms with Gasteiger partial charge in [-0.15, -0.1) is 0 Å². The predicted molar refractivity (Wildman–Crippen MR) is 90.5 cm³/mol. The second-order valence-electron chi connectivity index (χ2n) is 5.68. The molecule has 1 aromatic carbocycles. The molecule has 4 heteroatoms. The van der Waals surface area contributed by atoms with E-state index < -0.39 is 0 Å². The van der Waals surface area contributed by atoms with Crippen LogP contribution in [-0.2, 0) is 4.74 Å². The SMILES string of the molecule is CCCNC(CCC(C)(C)OC)c1ccc(Cl)cc1Br. The van der Waals surface area contributed by atoms with Crippen LogP contribution in [0.25, 0.3) is 0 Å². The van der Waals surface area contributed by atoms with Crippen LogP contribution in [0.1, 0.15) is 51.6 Å². The van der Waals surface area contributed by atoms with E-state index in [4.69, 9.17) is 16.3 Å². The number of hydrogen-bond donors (Lipinski definition) is 1. The van der Waals surface area contributed by atoms with Crippen LogP contribution < -0.4 is 5.32 Å². The smallest absolute Gasteiger partial charge is 0.0623 e.